The molecule has 0 aliphatic rings. The molecule has 3 aromatic rings. The number of carboxylic acids is 1. The molecule has 1 N–H and O–H groups in total. The van der Waals surface area contributed by atoms with Crippen molar-refractivity contribution in [3.05, 3.63) is 51.5 Å². The molecule has 0 bridgehead atoms. The van der Waals surface area contributed by atoms with Gasteiger partial charge in [0.25, 0.3) is 0 Å². The number of hydrogen-bond donors (Lipinski definition) is 1. The Bertz CT molecular complexity index is 817. The number of aryl methyl sites for hydroxylation is 2. The largest absolute Gasteiger partial charge is 0.478 e. The van der Waals surface area contributed by atoms with E-state index in [1.807, 2.05) is 6.07 Å². The first-order chi connectivity index (χ1) is 10.1. The SMILES string of the molecule is CCc1nc2cc(C(=O)O)ccc2n1Cc1sccc1C. The summed E-state index contributed by atoms with van der Waals surface area (Å²) >= 11 is 1.74. The Morgan fingerprint density at radius 2 is 2.19 bits per heavy atom. The molecule has 0 spiro atoms. The summed E-state index contributed by atoms with van der Waals surface area (Å²) in [6, 6.07) is 7.26. The van der Waals surface area contributed by atoms with Crippen molar-refractivity contribution >= 4 is 28.3 Å². The van der Waals surface area contributed by atoms with E-state index in [0.29, 0.717) is 0 Å². The Labute approximate surface area is 126 Å². The number of carboxylic acid groups (broad SMARTS) is 1. The van der Waals surface area contributed by atoms with Crippen LogP contribution in [0.3, 0.4) is 0 Å². The molecule has 21 heavy (non-hydrogen) atoms. The van der Waals surface area contributed by atoms with Gasteiger partial charge in [0.15, 0.2) is 0 Å². The van der Waals surface area contributed by atoms with Crippen LogP contribution in [0.25, 0.3) is 11.0 Å². The molecule has 0 unspecified atom stereocenters. The third-order valence-electron chi connectivity index (χ3n) is 3.66. The van der Waals surface area contributed by atoms with Gasteiger partial charge in [0.2, 0.25) is 0 Å². The number of thiophene rings is 1. The first-order valence-electron chi connectivity index (χ1n) is 6.85. The molecule has 5 heteroatoms. The van der Waals surface area contributed by atoms with Crippen LogP contribution in [0.4, 0.5) is 0 Å². The van der Waals surface area contributed by atoms with Crippen molar-refractivity contribution in [2.24, 2.45) is 0 Å². The monoisotopic (exact) mass is 300 g/mol. The molecule has 0 radical (unpaired) electrons. The zero-order valence-corrected chi connectivity index (χ0v) is 12.8. The van der Waals surface area contributed by atoms with Crippen LogP contribution in [0.2, 0.25) is 0 Å². The minimum atomic E-state index is -0.918. The maximum Gasteiger partial charge on any atom is 0.335 e. The number of benzene rings is 1. The van der Waals surface area contributed by atoms with Gasteiger partial charge in [0.1, 0.15) is 5.82 Å². The lowest BCUT2D eigenvalue weighted by Crippen LogP contribution is -2.04. The standard InChI is InChI=1S/C16H16N2O2S/c1-3-15-17-12-8-11(16(19)20)4-5-13(12)18(15)9-14-10(2)6-7-21-14/h4-8H,3,9H2,1-2H3,(H,19,20). The summed E-state index contributed by atoms with van der Waals surface area (Å²) in [5, 5.41) is 11.2. The number of aromatic carboxylic acids is 1. The topological polar surface area (TPSA) is 55.1 Å². The van der Waals surface area contributed by atoms with Crippen LogP contribution < -0.4 is 0 Å². The summed E-state index contributed by atoms with van der Waals surface area (Å²) in [5.41, 5.74) is 3.30. The smallest absolute Gasteiger partial charge is 0.335 e. The van der Waals surface area contributed by atoms with E-state index in [-0.39, 0.29) is 5.56 Å². The number of aromatic nitrogens is 2. The van der Waals surface area contributed by atoms with E-state index < -0.39 is 5.97 Å². The molecule has 1 aromatic carbocycles. The highest BCUT2D eigenvalue weighted by molar-refractivity contribution is 7.10. The zero-order chi connectivity index (χ0) is 15.0. The second-order valence-corrected chi connectivity index (χ2v) is 6.00. The average Bonchev–Trinajstić information content (AvgIpc) is 3.03. The van der Waals surface area contributed by atoms with E-state index in [2.05, 4.69) is 34.8 Å². The van der Waals surface area contributed by atoms with E-state index in [1.54, 1.807) is 23.5 Å². The van der Waals surface area contributed by atoms with Crippen molar-refractivity contribution in [3.8, 4) is 0 Å². The molecule has 2 heterocycles. The van der Waals surface area contributed by atoms with Crippen LogP contribution in [0, 0.1) is 6.92 Å². The van der Waals surface area contributed by atoms with Gasteiger partial charge in [-0.25, -0.2) is 9.78 Å². The summed E-state index contributed by atoms with van der Waals surface area (Å²) in [6.45, 7) is 4.96. The molecule has 3 rings (SSSR count). The Morgan fingerprint density at radius 3 is 2.81 bits per heavy atom. The molecular formula is C16H16N2O2S. The Kier molecular flexibility index (Phi) is 3.51. The van der Waals surface area contributed by atoms with E-state index in [1.165, 1.54) is 10.4 Å². The van der Waals surface area contributed by atoms with Crippen LogP contribution in [0.5, 0.6) is 0 Å². The van der Waals surface area contributed by atoms with Gasteiger partial charge < -0.3 is 9.67 Å². The van der Waals surface area contributed by atoms with Gasteiger partial charge in [0.05, 0.1) is 23.1 Å². The van der Waals surface area contributed by atoms with Gasteiger partial charge in [-0.3, -0.25) is 0 Å². The van der Waals surface area contributed by atoms with Crippen molar-refractivity contribution in [1.82, 2.24) is 9.55 Å². The molecule has 0 fully saturated rings. The summed E-state index contributed by atoms with van der Waals surface area (Å²) in [5.74, 6) is 0.0685. The van der Waals surface area contributed by atoms with Gasteiger partial charge in [-0.15, -0.1) is 11.3 Å². The minimum absolute atomic E-state index is 0.280. The fourth-order valence-corrected chi connectivity index (χ4v) is 3.36. The van der Waals surface area contributed by atoms with E-state index >= 15 is 0 Å². The zero-order valence-electron chi connectivity index (χ0n) is 12.0. The van der Waals surface area contributed by atoms with Crippen molar-refractivity contribution < 1.29 is 9.90 Å². The molecule has 108 valence electrons. The fraction of sp³-hybridized carbons (Fsp3) is 0.250. The number of rotatable bonds is 4. The van der Waals surface area contributed by atoms with Crippen LogP contribution >= 0.6 is 11.3 Å². The Morgan fingerprint density at radius 1 is 1.38 bits per heavy atom. The number of fused-ring (bicyclic) bond motifs is 1. The highest BCUT2D eigenvalue weighted by atomic mass is 32.1. The molecular weight excluding hydrogens is 284 g/mol. The molecule has 2 aromatic heterocycles. The first-order valence-corrected chi connectivity index (χ1v) is 7.73. The number of imidazole rings is 1. The van der Waals surface area contributed by atoms with Crippen LogP contribution in [0.15, 0.2) is 29.6 Å². The number of carbonyl (C=O) groups is 1. The fourth-order valence-electron chi connectivity index (χ4n) is 2.47. The van der Waals surface area contributed by atoms with E-state index in [4.69, 9.17) is 5.11 Å². The molecule has 0 saturated carbocycles. The number of nitrogens with zero attached hydrogens (tertiary/aromatic N) is 2. The minimum Gasteiger partial charge on any atom is -0.478 e. The lowest BCUT2D eigenvalue weighted by Gasteiger charge is -2.07. The highest BCUT2D eigenvalue weighted by Gasteiger charge is 2.13. The van der Waals surface area contributed by atoms with Crippen LogP contribution in [-0.2, 0) is 13.0 Å². The third kappa shape index (κ3) is 2.45. The van der Waals surface area contributed by atoms with Crippen LogP contribution in [0.1, 0.15) is 33.5 Å². The van der Waals surface area contributed by atoms with Crippen molar-refractivity contribution in [1.29, 1.82) is 0 Å². The van der Waals surface area contributed by atoms with Crippen LogP contribution in [-0.4, -0.2) is 20.6 Å². The molecule has 0 aliphatic heterocycles. The van der Waals surface area contributed by atoms with Gasteiger partial charge in [0, 0.05) is 11.3 Å². The van der Waals surface area contributed by atoms with Gasteiger partial charge >= 0.3 is 5.97 Å². The third-order valence-corrected chi connectivity index (χ3v) is 4.67. The van der Waals surface area contributed by atoms with Crippen molar-refractivity contribution in [2.75, 3.05) is 0 Å². The average molecular weight is 300 g/mol. The first kappa shape index (κ1) is 13.8. The molecule has 0 aliphatic carbocycles. The maximum absolute atomic E-state index is 11.1. The van der Waals surface area contributed by atoms with E-state index in [9.17, 15) is 4.79 Å². The lowest BCUT2D eigenvalue weighted by atomic mass is 10.2. The summed E-state index contributed by atoms with van der Waals surface area (Å²) in [4.78, 5) is 17.0. The normalized spacial score (nSPS) is 11.1. The van der Waals surface area contributed by atoms with Gasteiger partial charge in [-0.1, -0.05) is 6.92 Å². The maximum atomic E-state index is 11.1. The summed E-state index contributed by atoms with van der Waals surface area (Å²) in [6.07, 6.45) is 0.821. The molecule has 0 saturated heterocycles. The molecule has 4 nitrogen and oxygen atoms in total. The van der Waals surface area contributed by atoms with E-state index in [0.717, 1.165) is 29.8 Å². The Hall–Kier alpha value is -2.14. The van der Waals surface area contributed by atoms with Gasteiger partial charge in [-0.05, 0) is 42.1 Å². The Balaban J connectivity index is 2.12. The lowest BCUT2D eigenvalue weighted by molar-refractivity contribution is 0.0697. The van der Waals surface area contributed by atoms with Gasteiger partial charge in [-0.2, -0.15) is 0 Å². The predicted octanol–water partition coefficient (Wildman–Crippen LogP) is 3.72. The van der Waals surface area contributed by atoms with Crippen molar-refractivity contribution in [2.45, 2.75) is 26.8 Å². The molecule has 0 atom stereocenters. The number of hydrogen-bond acceptors (Lipinski definition) is 3. The highest BCUT2D eigenvalue weighted by Crippen LogP contribution is 2.23. The predicted molar refractivity (Wildman–Crippen MR) is 84.2 cm³/mol. The molecule has 0 amide bonds. The quantitative estimate of drug-likeness (QED) is 0.799. The summed E-state index contributed by atoms with van der Waals surface area (Å²) < 4.78 is 2.18. The second-order valence-electron chi connectivity index (χ2n) is 5.00. The van der Waals surface area contributed by atoms with Crippen molar-refractivity contribution in [3.63, 3.8) is 0 Å². The summed E-state index contributed by atoms with van der Waals surface area (Å²) in [7, 11) is 0. The second kappa shape index (κ2) is 5.33.